The second-order valence-electron chi connectivity index (χ2n) is 5.70. The molecule has 6 heteroatoms. The SMILES string of the molecule is Cc1ccccc1-c1cnc2nc(COc3ccc(F)cn3)cn2c1. The topological polar surface area (TPSA) is 52.3 Å². The largest absolute Gasteiger partial charge is 0.471 e. The van der Waals surface area contributed by atoms with Gasteiger partial charge in [0.25, 0.3) is 0 Å². The molecule has 3 heterocycles. The number of benzene rings is 1. The molecule has 1 aromatic carbocycles. The minimum atomic E-state index is -0.395. The predicted octanol–water partition coefficient (Wildman–Crippen LogP) is 3.82. The summed E-state index contributed by atoms with van der Waals surface area (Å²) in [4.78, 5) is 12.7. The van der Waals surface area contributed by atoms with Gasteiger partial charge in [-0.3, -0.25) is 4.40 Å². The van der Waals surface area contributed by atoms with Crippen molar-refractivity contribution in [1.82, 2.24) is 19.4 Å². The Bertz CT molecular complexity index is 1030. The molecule has 0 aliphatic rings. The van der Waals surface area contributed by atoms with E-state index >= 15 is 0 Å². The Morgan fingerprint density at radius 3 is 2.72 bits per heavy atom. The molecule has 0 N–H and O–H groups in total. The zero-order chi connectivity index (χ0) is 17.2. The Hall–Kier alpha value is -3.28. The monoisotopic (exact) mass is 334 g/mol. The number of fused-ring (bicyclic) bond motifs is 1. The van der Waals surface area contributed by atoms with E-state index in [4.69, 9.17) is 4.74 Å². The van der Waals surface area contributed by atoms with Crippen molar-refractivity contribution in [3.63, 3.8) is 0 Å². The fourth-order valence-corrected chi connectivity index (χ4v) is 2.64. The molecule has 25 heavy (non-hydrogen) atoms. The van der Waals surface area contributed by atoms with E-state index < -0.39 is 5.82 Å². The number of nitrogens with zero attached hydrogens (tertiary/aromatic N) is 4. The quantitative estimate of drug-likeness (QED) is 0.569. The molecule has 0 radical (unpaired) electrons. The first-order chi connectivity index (χ1) is 12.2. The molecule has 4 rings (SSSR count). The molecule has 0 fully saturated rings. The zero-order valence-corrected chi connectivity index (χ0v) is 13.6. The highest BCUT2D eigenvalue weighted by Crippen LogP contribution is 2.22. The first-order valence-corrected chi connectivity index (χ1v) is 7.83. The summed E-state index contributed by atoms with van der Waals surface area (Å²) in [6.07, 6.45) is 6.80. The summed E-state index contributed by atoms with van der Waals surface area (Å²) in [5, 5.41) is 0. The summed E-state index contributed by atoms with van der Waals surface area (Å²) in [5.74, 6) is 0.558. The average molecular weight is 334 g/mol. The van der Waals surface area contributed by atoms with E-state index in [0.29, 0.717) is 11.7 Å². The molecule has 0 aliphatic carbocycles. The molecule has 0 amide bonds. The van der Waals surface area contributed by atoms with E-state index in [1.54, 1.807) is 0 Å². The molecule has 0 saturated heterocycles. The number of aryl methyl sites for hydroxylation is 1. The molecular formula is C19H15FN4O. The van der Waals surface area contributed by atoms with Crippen molar-refractivity contribution in [2.45, 2.75) is 13.5 Å². The average Bonchev–Trinajstić information content (AvgIpc) is 3.04. The van der Waals surface area contributed by atoms with Gasteiger partial charge in [-0.2, -0.15) is 0 Å². The lowest BCUT2D eigenvalue weighted by Gasteiger charge is -2.05. The molecule has 124 valence electrons. The molecule has 0 spiro atoms. The van der Waals surface area contributed by atoms with Gasteiger partial charge in [0.05, 0.1) is 11.9 Å². The Morgan fingerprint density at radius 2 is 1.92 bits per heavy atom. The molecule has 0 atom stereocenters. The van der Waals surface area contributed by atoms with Gasteiger partial charge in [0.1, 0.15) is 12.4 Å². The van der Waals surface area contributed by atoms with Crippen molar-refractivity contribution in [3.05, 3.63) is 78.3 Å². The van der Waals surface area contributed by atoms with Crippen LogP contribution in [0.4, 0.5) is 4.39 Å². The first-order valence-electron chi connectivity index (χ1n) is 7.83. The van der Waals surface area contributed by atoms with Crippen LogP contribution in [0.15, 0.2) is 61.2 Å². The Kier molecular flexibility index (Phi) is 3.85. The summed E-state index contributed by atoms with van der Waals surface area (Å²) < 4.78 is 20.3. The van der Waals surface area contributed by atoms with Crippen LogP contribution in [0, 0.1) is 12.7 Å². The van der Waals surface area contributed by atoms with Crippen LogP contribution in [0.5, 0.6) is 5.88 Å². The van der Waals surface area contributed by atoms with E-state index in [2.05, 4.69) is 34.0 Å². The molecule has 3 aromatic heterocycles. The van der Waals surface area contributed by atoms with Gasteiger partial charge in [-0.15, -0.1) is 0 Å². The van der Waals surface area contributed by atoms with Gasteiger partial charge in [-0.25, -0.2) is 19.3 Å². The first kappa shape index (κ1) is 15.3. The maximum absolute atomic E-state index is 12.9. The van der Waals surface area contributed by atoms with Gasteiger partial charge in [0.15, 0.2) is 0 Å². The minimum Gasteiger partial charge on any atom is -0.471 e. The number of aromatic nitrogens is 4. The zero-order valence-electron chi connectivity index (χ0n) is 13.6. The second-order valence-corrected chi connectivity index (χ2v) is 5.70. The lowest BCUT2D eigenvalue weighted by atomic mass is 10.0. The summed E-state index contributed by atoms with van der Waals surface area (Å²) >= 11 is 0. The van der Waals surface area contributed by atoms with Crippen molar-refractivity contribution >= 4 is 5.78 Å². The van der Waals surface area contributed by atoms with E-state index in [0.717, 1.165) is 23.0 Å². The van der Waals surface area contributed by atoms with E-state index in [1.165, 1.54) is 17.7 Å². The van der Waals surface area contributed by atoms with Gasteiger partial charge >= 0.3 is 0 Å². The van der Waals surface area contributed by atoms with Crippen LogP contribution in [0.25, 0.3) is 16.9 Å². The molecule has 0 bridgehead atoms. The van der Waals surface area contributed by atoms with Crippen LogP contribution in [0.3, 0.4) is 0 Å². The van der Waals surface area contributed by atoms with Gasteiger partial charge in [-0.1, -0.05) is 24.3 Å². The molecule has 0 aliphatic heterocycles. The lowest BCUT2D eigenvalue weighted by molar-refractivity contribution is 0.289. The highest BCUT2D eigenvalue weighted by Gasteiger charge is 2.07. The Balaban J connectivity index is 1.58. The van der Waals surface area contributed by atoms with Gasteiger partial charge in [0.2, 0.25) is 11.7 Å². The Morgan fingerprint density at radius 1 is 1.04 bits per heavy atom. The molecular weight excluding hydrogens is 319 g/mol. The summed E-state index contributed by atoms with van der Waals surface area (Å²) in [6.45, 7) is 2.31. The summed E-state index contributed by atoms with van der Waals surface area (Å²) in [5.41, 5.74) is 4.07. The number of halogens is 1. The normalized spacial score (nSPS) is 11.0. The van der Waals surface area contributed by atoms with Crippen LogP contribution in [0.2, 0.25) is 0 Å². The van der Waals surface area contributed by atoms with Crippen molar-refractivity contribution in [1.29, 1.82) is 0 Å². The third kappa shape index (κ3) is 3.19. The molecule has 4 aromatic rings. The van der Waals surface area contributed by atoms with E-state index in [9.17, 15) is 4.39 Å². The molecule has 0 saturated carbocycles. The fourth-order valence-electron chi connectivity index (χ4n) is 2.64. The van der Waals surface area contributed by atoms with E-state index in [-0.39, 0.29) is 6.61 Å². The van der Waals surface area contributed by atoms with Crippen molar-refractivity contribution in [2.75, 3.05) is 0 Å². The van der Waals surface area contributed by atoms with Gasteiger partial charge in [-0.05, 0) is 24.1 Å². The van der Waals surface area contributed by atoms with Gasteiger partial charge < -0.3 is 4.74 Å². The second kappa shape index (κ2) is 6.32. The number of hydrogen-bond donors (Lipinski definition) is 0. The van der Waals surface area contributed by atoms with Crippen LogP contribution in [-0.2, 0) is 6.61 Å². The Labute approximate surface area is 143 Å². The maximum atomic E-state index is 12.9. The van der Waals surface area contributed by atoms with Crippen LogP contribution in [-0.4, -0.2) is 19.4 Å². The number of hydrogen-bond acceptors (Lipinski definition) is 4. The third-order valence-electron chi connectivity index (χ3n) is 3.88. The van der Waals surface area contributed by atoms with Crippen molar-refractivity contribution in [2.24, 2.45) is 0 Å². The number of ether oxygens (including phenoxy) is 1. The van der Waals surface area contributed by atoms with Gasteiger partial charge in [0, 0.05) is 30.2 Å². The predicted molar refractivity (Wildman–Crippen MR) is 91.7 cm³/mol. The van der Waals surface area contributed by atoms with Crippen LogP contribution >= 0.6 is 0 Å². The fraction of sp³-hybridized carbons (Fsp3) is 0.105. The van der Waals surface area contributed by atoms with Crippen molar-refractivity contribution < 1.29 is 9.13 Å². The highest BCUT2D eigenvalue weighted by atomic mass is 19.1. The lowest BCUT2D eigenvalue weighted by Crippen LogP contribution is -1.97. The number of imidazole rings is 1. The third-order valence-corrected chi connectivity index (χ3v) is 3.88. The number of rotatable bonds is 4. The van der Waals surface area contributed by atoms with E-state index in [1.807, 2.05) is 35.1 Å². The molecule has 5 nitrogen and oxygen atoms in total. The smallest absolute Gasteiger partial charge is 0.234 e. The summed E-state index contributed by atoms with van der Waals surface area (Å²) in [7, 11) is 0. The standard InChI is InChI=1S/C19H15FN4O/c1-13-4-2-3-5-17(13)14-8-22-19-23-16(11-24(19)10-14)12-25-18-7-6-15(20)9-21-18/h2-11H,12H2,1H3. The molecule has 0 unspecified atom stereocenters. The maximum Gasteiger partial charge on any atom is 0.234 e. The van der Waals surface area contributed by atoms with Crippen LogP contribution in [0.1, 0.15) is 11.3 Å². The number of pyridine rings is 1. The van der Waals surface area contributed by atoms with Crippen molar-refractivity contribution in [3.8, 4) is 17.0 Å². The van der Waals surface area contributed by atoms with Crippen LogP contribution < -0.4 is 4.74 Å². The minimum absolute atomic E-state index is 0.238. The summed E-state index contributed by atoms with van der Waals surface area (Å²) in [6, 6.07) is 11.0. The highest BCUT2D eigenvalue weighted by molar-refractivity contribution is 5.66.